The van der Waals surface area contributed by atoms with Gasteiger partial charge in [-0.2, -0.15) is 0 Å². The molecule has 1 unspecified atom stereocenters. The largest absolute Gasteiger partial charge is 0.380 e. The molecule has 0 saturated heterocycles. The molecule has 1 atom stereocenters. The zero-order valence-corrected chi connectivity index (χ0v) is 17.7. The Morgan fingerprint density at radius 2 is 1.50 bits per heavy atom. The Bertz CT molecular complexity index is 828. The van der Waals surface area contributed by atoms with E-state index in [1.807, 2.05) is 52.0 Å². The molecule has 0 amide bonds. The van der Waals surface area contributed by atoms with Crippen molar-refractivity contribution in [3.05, 3.63) is 74.2 Å². The minimum Gasteiger partial charge on any atom is -0.380 e. The van der Waals surface area contributed by atoms with Gasteiger partial charge in [0.15, 0.2) is 0 Å². The van der Waals surface area contributed by atoms with Crippen molar-refractivity contribution in [3.8, 4) is 0 Å². The van der Waals surface area contributed by atoms with Crippen LogP contribution in [0.5, 0.6) is 0 Å². The second-order valence-electron chi connectivity index (χ2n) is 7.18. The van der Waals surface area contributed by atoms with Crippen molar-refractivity contribution in [2.45, 2.75) is 33.3 Å². The number of halogens is 3. The molecule has 0 fully saturated rings. The monoisotopic (exact) mass is 411 g/mol. The minimum atomic E-state index is -1.37. The normalized spacial score (nSPS) is 15.4. The first kappa shape index (κ1) is 21.3. The maximum atomic E-state index is 11.9. The summed E-state index contributed by atoms with van der Waals surface area (Å²) < 4.78 is 0. The maximum Gasteiger partial charge on any atom is 0.119 e. The van der Waals surface area contributed by atoms with Crippen LogP contribution in [-0.4, -0.2) is 11.7 Å². The number of benzene rings is 2. The first-order chi connectivity index (χ1) is 12.0. The third-order valence-corrected chi connectivity index (χ3v) is 5.99. The maximum absolute atomic E-state index is 11.9. The molecule has 0 aliphatic rings. The number of rotatable bonds is 5. The van der Waals surface area contributed by atoms with Crippen LogP contribution in [0.25, 0.3) is 5.57 Å². The van der Waals surface area contributed by atoms with Gasteiger partial charge in [-0.3, -0.25) is 0 Å². The molecule has 0 heterocycles. The first-order valence-electron chi connectivity index (χ1n) is 8.36. The summed E-state index contributed by atoms with van der Waals surface area (Å²) in [6.45, 7) is 8.01. The fourth-order valence-corrected chi connectivity index (χ4v) is 3.86. The van der Waals surface area contributed by atoms with Crippen LogP contribution < -0.4 is 5.73 Å². The fraction of sp³-hybridized carbons (Fsp3) is 0.333. The highest BCUT2D eigenvalue weighted by Gasteiger charge is 2.47. The molecule has 0 saturated carbocycles. The summed E-state index contributed by atoms with van der Waals surface area (Å²) >= 11 is 18.5. The van der Waals surface area contributed by atoms with Gasteiger partial charge in [-0.15, -0.1) is 0 Å². The van der Waals surface area contributed by atoms with Gasteiger partial charge in [-0.05, 0) is 54.8 Å². The highest BCUT2D eigenvalue weighted by Crippen LogP contribution is 2.49. The Hall–Kier alpha value is -1.03. The topological polar surface area (TPSA) is 46.2 Å². The molecule has 0 bridgehead atoms. The highest BCUT2D eigenvalue weighted by atomic mass is 35.5. The van der Waals surface area contributed by atoms with Gasteiger partial charge in [0.1, 0.15) is 5.60 Å². The predicted octanol–water partition coefficient (Wildman–Crippen LogP) is 6.31. The standard InChI is InChI=1S/C21H24Cl3NO/c1-13(15-5-7-16(22)8-6-15)14(2)21(26,20(3,4)12-25)18-10-9-17(23)11-19(18)24/h5-11,26H,12,25H2,1-4H3. The molecule has 5 heteroatoms. The van der Waals surface area contributed by atoms with E-state index in [9.17, 15) is 5.11 Å². The van der Waals surface area contributed by atoms with Gasteiger partial charge in [0.05, 0.1) is 0 Å². The van der Waals surface area contributed by atoms with E-state index in [1.165, 1.54) is 0 Å². The quantitative estimate of drug-likeness (QED) is 0.604. The van der Waals surface area contributed by atoms with E-state index in [4.69, 9.17) is 40.5 Å². The zero-order chi connectivity index (χ0) is 19.7. The van der Waals surface area contributed by atoms with Crippen molar-refractivity contribution < 1.29 is 5.11 Å². The van der Waals surface area contributed by atoms with Crippen LogP contribution in [0.15, 0.2) is 48.0 Å². The molecule has 0 radical (unpaired) electrons. The third kappa shape index (κ3) is 3.81. The van der Waals surface area contributed by atoms with E-state index < -0.39 is 11.0 Å². The van der Waals surface area contributed by atoms with Gasteiger partial charge < -0.3 is 10.8 Å². The second kappa shape index (κ2) is 7.92. The number of hydrogen-bond acceptors (Lipinski definition) is 2. The molecule has 2 aromatic carbocycles. The van der Waals surface area contributed by atoms with E-state index >= 15 is 0 Å². The van der Waals surface area contributed by atoms with Crippen molar-refractivity contribution >= 4 is 40.4 Å². The Morgan fingerprint density at radius 1 is 0.962 bits per heavy atom. The lowest BCUT2D eigenvalue weighted by molar-refractivity contribution is -0.0344. The van der Waals surface area contributed by atoms with Crippen molar-refractivity contribution in [1.82, 2.24) is 0 Å². The summed E-state index contributed by atoms with van der Waals surface area (Å²) in [5, 5.41) is 13.5. The van der Waals surface area contributed by atoms with Crippen LogP contribution in [0.1, 0.15) is 38.8 Å². The molecule has 2 aromatic rings. The van der Waals surface area contributed by atoms with Crippen molar-refractivity contribution in [1.29, 1.82) is 0 Å². The van der Waals surface area contributed by atoms with Gasteiger partial charge in [0.2, 0.25) is 0 Å². The van der Waals surface area contributed by atoms with Crippen LogP contribution in [-0.2, 0) is 5.60 Å². The molecule has 0 aliphatic heterocycles. The van der Waals surface area contributed by atoms with E-state index in [0.717, 1.165) is 16.7 Å². The number of nitrogens with two attached hydrogens (primary N) is 1. The molecule has 0 aliphatic carbocycles. The second-order valence-corrected chi connectivity index (χ2v) is 8.46. The van der Waals surface area contributed by atoms with Gasteiger partial charge in [-0.25, -0.2) is 0 Å². The summed E-state index contributed by atoms with van der Waals surface area (Å²) in [5.74, 6) is 0. The van der Waals surface area contributed by atoms with E-state index in [-0.39, 0.29) is 6.54 Å². The SMILES string of the molecule is CC(=C(C)C(O)(c1ccc(Cl)cc1Cl)C(C)(C)CN)c1ccc(Cl)cc1. The van der Waals surface area contributed by atoms with E-state index in [2.05, 4.69) is 0 Å². The molecule has 2 nitrogen and oxygen atoms in total. The van der Waals surface area contributed by atoms with E-state index in [1.54, 1.807) is 18.2 Å². The summed E-state index contributed by atoms with van der Waals surface area (Å²) in [4.78, 5) is 0. The summed E-state index contributed by atoms with van der Waals surface area (Å²) in [7, 11) is 0. The zero-order valence-electron chi connectivity index (χ0n) is 15.4. The van der Waals surface area contributed by atoms with Crippen molar-refractivity contribution in [2.75, 3.05) is 6.54 Å². The lowest BCUT2D eigenvalue weighted by Gasteiger charge is -2.44. The average Bonchev–Trinajstić information content (AvgIpc) is 2.60. The Morgan fingerprint density at radius 3 is 2.00 bits per heavy atom. The smallest absolute Gasteiger partial charge is 0.119 e. The first-order valence-corrected chi connectivity index (χ1v) is 9.50. The summed E-state index contributed by atoms with van der Waals surface area (Å²) in [5.41, 5.74) is 7.29. The molecule has 3 N–H and O–H groups in total. The lowest BCUT2D eigenvalue weighted by atomic mass is 9.66. The molecular weight excluding hydrogens is 389 g/mol. The highest BCUT2D eigenvalue weighted by molar-refractivity contribution is 6.35. The molecule has 140 valence electrons. The third-order valence-electron chi connectivity index (χ3n) is 5.19. The van der Waals surface area contributed by atoms with Gasteiger partial charge in [-0.1, -0.05) is 66.8 Å². The molecule has 0 aromatic heterocycles. The molecule has 26 heavy (non-hydrogen) atoms. The molecular formula is C21H24Cl3NO. The van der Waals surface area contributed by atoms with Crippen LogP contribution in [0.3, 0.4) is 0 Å². The van der Waals surface area contributed by atoms with Crippen LogP contribution in [0, 0.1) is 5.41 Å². The number of allylic oxidation sites excluding steroid dienone is 1. The van der Waals surface area contributed by atoms with Gasteiger partial charge >= 0.3 is 0 Å². The predicted molar refractivity (Wildman–Crippen MR) is 113 cm³/mol. The number of aliphatic hydroxyl groups is 1. The Labute approximate surface area is 170 Å². The summed E-state index contributed by atoms with van der Waals surface area (Å²) in [6.07, 6.45) is 0. The Balaban J connectivity index is 2.75. The fourth-order valence-electron chi connectivity index (χ4n) is 3.19. The molecule has 2 rings (SSSR count). The average molecular weight is 413 g/mol. The van der Waals surface area contributed by atoms with Gasteiger partial charge in [0, 0.05) is 32.6 Å². The Kier molecular flexibility index (Phi) is 6.48. The van der Waals surface area contributed by atoms with Crippen LogP contribution in [0.2, 0.25) is 15.1 Å². The van der Waals surface area contributed by atoms with Crippen molar-refractivity contribution in [2.24, 2.45) is 11.1 Å². The van der Waals surface area contributed by atoms with Crippen LogP contribution in [0.4, 0.5) is 0 Å². The lowest BCUT2D eigenvalue weighted by Crippen LogP contribution is -2.48. The van der Waals surface area contributed by atoms with Crippen LogP contribution >= 0.6 is 34.8 Å². The number of hydrogen-bond donors (Lipinski definition) is 2. The molecule has 0 spiro atoms. The minimum absolute atomic E-state index is 0.272. The van der Waals surface area contributed by atoms with E-state index in [0.29, 0.717) is 20.6 Å². The van der Waals surface area contributed by atoms with Crippen molar-refractivity contribution in [3.63, 3.8) is 0 Å². The van der Waals surface area contributed by atoms with Gasteiger partial charge in [0.25, 0.3) is 0 Å². The summed E-state index contributed by atoms with van der Waals surface area (Å²) in [6, 6.07) is 12.7.